The van der Waals surface area contributed by atoms with Gasteiger partial charge >= 0.3 is 0 Å². The van der Waals surface area contributed by atoms with Gasteiger partial charge in [0.15, 0.2) is 0 Å². The normalized spacial score (nSPS) is 15.9. The molecule has 4 rings (SSSR count). The largest absolute Gasteiger partial charge is 0.372 e. The van der Waals surface area contributed by atoms with E-state index in [1.807, 2.05) is 50.4 Å². The van der Waals surface area contributed by atoms with E-state index in [9.17, 15) is 9.00 Å². The molecule has 0 heterocycles. The molecule has 0 fully saturated rings. The van der Waals surface area contributed by atoms with E-state index in [2.05, 4.69) is 86.9 Å². The number of carbonyl (C=O) groups excluding carboxylic acids is 1. The van der Waals surface area contributed by atoms with Gasteiger partial charge in [0.1, 0.15) is 5.78 Å². The minimum atomic E-state index is -2.46. The molecule has 0 bridgehead atoms. The van der Waals surface area contributed by atoms with Gasteiger partial charge in [-0.25, -0.2) is 0 Å². The second-order valence-corrected chi connectivity index (χ2v) is 16.0. The highest BCUT2D eigenvalue weighted by molar-refractivity contribution is 8.07. The van der Waals surface area contributed by atoms with Gasteiger partial charge in [0.05, 0.1) is 10.0 Å². The molecule has 0 amide bonds. The van der Waals surface area contributed by atoms with Gasteiger partial charge in [-0.2, -0.15) is 0 Å². The molecule has 0 aliphatic heterocycles. The molecule has 2 aliphatic rings. The predicted octanol–water partition coefficient (Wildman–Crippen LogP) is 9.16. The summed E-state index contributed by atoms with van der Waals surface area (Å²) in [4.78, 5) is 12.9. The molecule has 2 aliphatic carbocycles. The average Bonchev–Trinajstić information content (AvgIpc) is 3.49. The van der Waals surface area contributed by atoms with Crippen molar-refractivity contribution in [3.8, 4) is 0 Å². The van der Waals surface area contributed by atoms with Crippen LogP contribution in [0.4, 0.5) is 5.69 Å². The average molecular weight is 676 g/mol. The van der Waals surface area contributed by atoms with Crippen LogP contribution >= 0.6 is 12.2 Å². The summed E-state index contributed by atoms with van der Waals surface area (Å²) < 4.78 is 12.9. The van der Waals surface area contributed by atoms with Crippen molar-refractivity contribution in [3.05, 3.63) is 112 Å². The number of hydrogen-bond donors (Lipinski definition) is 3. The fraction of sp³-hybridized carbons (Fsp3) is 0.425. The molecule has 47 heavy (non-hydrogen) atoms. The second kappa shape index (κ2) is 19.5. The first-order valence-electron chi connectivity index (χ1n) is 16.6. The molecule has 0 radical (unpaired) electrons. The topological polar surface area (TPSA) is 70.2 Å². The smallest absolute Gasteiger partial charge is 0.131 e. The molecule has 256 valence electrons. The van der Waals surface area contributed by atoms with Gasteiger partial charge in [-0.05, 0) is 113 Å². The number of anilines is 1. The lowest BCUT2D eigenvalue weighted by molar-refractivity contribution is -0.117. The van der Waals surface area contributed by atoms with Gasteiger partial charge in [0.25, 0.3) is 0 Å². The van der Waals surface area contributed by atoms with Crippen molar-refractivity contribution in [1.82, 2.24) is 10.6 Å². The fourth-order valence-corrected chi connectivity index (χ4v) is 7.05. The molecule has 0 saturated heterocycles. The maximum absolute atomic E-state index is 12.9. The number of para-hydroxylation sites is 1. The van der Waals surface area contributed by atoms with E-state index in [4.69, 9.17) is 12.2 Å². The van der Waals surface area contributed by atoms with Crippen LogP contribution in [-0.4, -0.2) is 33.9 Å². The minimum absolute atomic E-state index is 0.0894. The Bertz CT molecular complexity index is 1570. The van der Waals surface area contributed by atoms with Gasteiger partial charge in [0.2, 0.25) is 0 Å². The van der Waals surface area contributed by atoms with Crippen LogP contribution in [0.3, 0.4) is 0 Å². The summed E-state index contributed by atoms with van der Waals surface area (Å²) >= 11 is 4.93. The van der Waals surface area contributed by atoms with E-state index in [0.29, 0.717) is 17.4 Å². The molecule has 0 spiro atoms. The first-order chi connectivity index (χ1) is 22.2. The molecule has 2 aromatic rings. The van der Waals surface area contributed by atoms with Crippen LogP contribution in [0, 0.1) is 12.8 Å². The number of carbonyl (C=O) groups is 1. The van der Waals surface area contributed by atoms with Crippen molar-refractivity contribution in [2.45, 2.75) is 98.6 Å². The van der Waals surface area contributed by atoms with Crippen molar-refractivity contribution >= 4 is 44.1 Å². The van der Waals surface area contributed by atoms with Crippen LogP contribution in [0.1, 0.15) is 95.0 Å². The Kier molecular flexibility index (Phi) is 16.6. The maximum atomic E-state index is 12.9. The lowest BCUT2D eigenvalue weighted by atomic mass is 9.98. The number of ketones is 1. The molecule has 3 unspecified atom stereocenters. The Balaban J connectivity index is 0.000000255. The molecule has 3 N–H and O–H groups in total. The summed E-state index contributed by atoms with van der Waals surface area (Å²) in [5.41, 5.74) is 7.84. The first kappa shape index (κ1) is 39.9. The predicted molar refractivity (Wildman–Crippen MR) is 211 cm³/mol. The number of aryl methyl sites for hydroxylation is 3. The van der Waals surface area contributed by atoms with Gasteiger partial charge < -0.3 is 16.0 Å². The number of nitrogens with one attached hydrogen (secondary N) is 3. The fourth-order valence-electron chi connectivity index (χ4n) is 5.56. The van der Waals surface area contributed by atoms with Crippen LogP contribution < -0.4 is 16.0 Å². The van der Waals surface area contributed by atoms with Crippen LogP contribution in [0.15, 0.2) is 89.4 Å². The lowest BCUT2D eigenvalue weighted by Crippen LogP contribution is -2.31. The molecular weight excluding hydrogens is 619 g/mol. The summed E-state index contributed by atoms with van der Waals surface area (Å²) in [5, 5.41) is 10.1. The third-order valence-electron chi connectivity index (χ3n) is 8.32. The Morgan fingerprint density at radius 2 is 1.70 bits per heavy atom. The quantitative estimate of drug-likeness (QED) is 0.154. The lowest BCUT2D eigenvalue weighted by Gasteiger charge is -2.24. The Morgan fingerprint density at radius 1 is 1.02 bits per heavy atom. The molecule has 0 saturated carbocycles. The molecule has 0 aromatic heterocycles. The zero-order chi connectivity index (χ0) is 35.1. The van der Waals surface area contributed by atoms with E-state index >= 15 is 0 Å². The van der Waals surface area contributed by atoms with Crippen LogP contribution in [-0.2, 0) is 27.2 Å². The Labute approximate surface area is 291 Å². The summed E-state index contributed by atoms with van der Waals surface area (Å²) in [5.74, 6) is 4.70. The third kappa shape index (κ3) is 13.4. The van der Waals surface area contributed by atoms with E-state index in [1.165, 1.54) is 47.1 Å². The van der Waals surface area contributed by atoms with Gasteiger partial charge in [-0.1, -0.05) is 92.8 Å². The number of thiocarbonyl (C=S) groups is 1. The van der Waals surface area contributed by atoms with Crippen LogP contribution in [0.25, 0.3) is 0 Å². The number of rotatable bonds is 12. The first-order valence-corrected chi connectivity index (χ1v) is 18.7. The van der Waals surface area contributed by atoms with E-state index in [-0.39, 0.29) is 17.9 Å². The summed E-state index contributed by atoms with van der Waals surface area (Å²) in [6.45, 7) is 19.8. The second-order valence-electron chi connectivity index (χ2n) is 13.0. The van der Waals surface area contributed by atoms with Gasteiger partial charge in [-0.15, -0.1) is 6.58 Å². The van der Waals surface area contributed by atoms with Crippen molar-refractivity contribution in [2.24, 2.45) is 5.92 Å². The number of fused-ring (bicyclic) bond motifs is 1. The highest BCUT2D eigenvalue weighted by Gasteiger charge is 2.19. The van der Waals surface area contributed by atoms with Crippen molar-refractivity contribution in [1.29, 1.82) is 0 Å². The number of Topliss-reactive ketones (excluding diaryl/α,β-unsaturated/α-hetero) is 1. The molecule has 3 atom stereocenters. The number of benzene rings is 2. The van der Waals surface area contributed by atoms with Crippen molar-refractivity contribution < 1.29 is 9.00 Å². The zero-order valence-electron chi connectivity index (χ0n) is 29.7. The SMILES string of the molecule is C=CC(CC(C)C)NC(=C)S(=C)(=O)C1=CC=C(C)CC1.CC(=S)Nc1ccccc1C.CNC(CC(C)=O)c1ccc2c(c1)CCC2. The molecular formula is C40H57N3O2S2. The third-order valence-corrected chi connectivity index (χ3v) is 10.5. The summed E-state index contributed by atoms with van der Waals surface area (Å²) in [7, 11) is -0.546. The van der Waals surface area contributed by atoms with E-state index in [0.717, 1.165) is 34.8 Å². The Morgan fingerprint density at radius 3 is 2.26 bits per heavy atom. The Hall–Kier alpha value is -3.26. The summed E-state index contributed by atoms with van der Waals surface area (Å²) in [6.07, 6.45) is 12.8. The highest BCUT2D eigenvalue weighted by atomic mass is 32.2. The maximum Gasteiger partial charge on any atom is 0.131 e. The minimum Gasteiger partial charge on any atom is -0.372 e. The van der Waals surface area contributed by atoms with E-state index < -0.39 is 9.52 Å². The summed E-state index contributed by atoms with van der Waals surface area (Å²) in [6, 6.07) is 15.0. The van der Waals surface area contributed by atoms with E-state index in [1.54, 1.807) is 6.92 Å². The van der Waals surface area contributed by atoms with Gasteiger partial charge in [-0.3, -0.25) is 9.00 Å². The zero-order valence-corrected chi connectivity index (χ0v) is 31.3. The van der Waals surface area contributed by atoms with Crippen molar-refractivity contribution in [2.75, 3.05) is 12.4 Å². The molecule has 2 aromatic carbocycles. The monoisotopic (exact) mass is 675 g/mol. The highest BCUT2D eigenvalue weighted by Crippen LogP contribution is 2.27. The van der Waals surface area contributed by atoms with Crippen LogP contribution in [0.2, 0.25) is 0 Å². The van der Waals surface area contributed by atoms with Gasteiger partial charge in [0, 0.05) is 38.6 Å². The standard InChI is InChI=1S/C17H27NOS.C14H19NO.C9H11NS/c1-7-16(12-13(2)3)18-15(5)20(6,19)17-10-8-14(4)9-11-17;1-10(16)8-14(15-2)13-7-6-11-4-3-5-12(11)9-13;1-7-5-3-4-6-9(7)10-8(2)11/h7-8,10,13,16,18H,1,5-6,9,11-12H2,2-4H3;6-7,9,14-15H,3-5,8H2,1-2H3;3-6H,1-2H3,(H,10,11). The number of allylic oxidation sites excluding steroid dienone is 4. The molecule has 7 heteroatoms. The van der Waals surface area contributed by atoms with Crippen LogP contribution in [0.5, 0.6) is 0 Å². The number of hydrogen-bond acceptors (Lipinski definition) is 5. The van der Waals surface area contributed by atoms with Crippen molar-refractivity contribution in [3.63, 3.8) is 0 Å². The molecule has 5 nitrogen and oxygen atoms in total.